The van der Waals surface area contributed by atoms with Gasteiger partial charge in [0.15, 0.2) is 17.8 Å². The number of carboxylic acids is 4. The molecule has 0 radical (unpaired) electrons. The van der Waals surface area contributed by atoms with Crippen LogP contribution >= 0.6 is 0 Å². The van der Waals surface area contributed by atoms with Crippen LogP contribution in [0, 0.1) is 5.92 Å². The van der Waals surface area contributed by atoms with Crippen molar-refractivity contribution in [2.24, 2.45) is 5.92 Å². The summed E-state index contributed by atoms with van der Waals surface area (Å²) in [5.41, 5.74) is -3.45. The van der Waals surface area contributed by atoms with Crippen LogP contribution in [0.4, 0.5) is 0 Å². The van der Waals surface area contributed by atoms with Crippen molar-refractivity contribution in [1.82, 2.24) is 0 Å². The van der Waals surface area contributed by atoms with Crippen LogP contribution in [0.3, 0.4) is 0 Å². The van der Waals surface area contributed by atoms with Crippen LogP contribution in [0.25, 0.3) is 0 Å². The minimum atomic E-state index is -3.45. The Bertz CT molecular complexity index is 623. The van der Waals surface area contributed by atoms with Crippen LogP contribution < -0.4 is 0 Å². The zero-order chi connectivity index (χ0) is 20.8. The highest BCUT2D eigenvalue weighted by Gasteiger charge is 2.51. The summed E-state index contributed by atoms with van der Waals surface area (Å²) in [7, 11) is 0. The lowest BCUT2D eigenvalue weighted by Gasteiger charge is -2.27. The van der Waals surface area contributed by atoms with Crippen LogP contribution in [-0.2, 0) is 33.5 Å². The minimum absolute atomic E-state index is 1.52. The molecule has 0 saturated heterocycles. The Morgan fingerprint density at radius 3 is 1.69 bits per heavy atom. The molecule has 0 aliphatic heterocycles. The third kappa shape index (κ3) is 5.76. The highest BCUT2D eigenvalue weighted by atomic mass is 16.6. The fourth-order valence-electron chi connectivity index (χ4n) is 1.68. The first kappa shape index (κ1) is 22.9. The molecule has 0 rings (SSSR count). The Hall–Kier alpha value is -3.10. The van der Waals surface area contributed by atoms with E-state index in [2.05, 4.69) is 4.74 Å². The number of ether oxygens (including phenoxy) is 1. The van der Waals surface area contributed by atoms with Crippen molar-refractivity contribution in [3.8, 4) is 0 Å². The standard InChI is InChI=1S/C12H14O14/c13-4(14)2-12(25,11(23)24)3(8(18)19)1-5(15)26-10(22)7(17)6(16)9(20)21/h3,6-7,16-17,25H,1-2H2,(H,13,14)(H,18,19)(H,20,21)(H,23,24). The Labute approximate surface area is 142 Å². The zero-order valence-corrected chi connectivity index (χ0v) is 12.6. The molecule has 0 fully saturated rings. The van der Waals surface area contributed by atoms with E-state index >= 15 is 0 Å². The Kier molecular flexibility index (Phi) is 7.78. The zero-order valence-electron chi connectivity index (χ0n) is 12.6. The van der Waals surface area contributed by atoms with E-state index in [1.54, 1.807) is 0 Å². The minimum Gasteiger partial charge on any atom is -0.481 e. The summed E-state index contributed by atoms with van der Waals surface area (Å²) in [5, 5.41) is 62.6. The summed E-state index contributed by atoms with van der Waals surface area (Å²) < 4.78 is 3.88. The van der Waals surface area contributed by atoms with Crippen molar-refractivity contribution in [2.75, 3.05) is 0 Å². The lowest BCUT2D eigenvalue weighted by Crippen LogP contribution is -2.51. The van der Waals surface area contributed by atoms with Gasteiger partial charge in [-0.2, -0.15) is 0 Å². The fourth-order valence-corrected chi connectivity index (χ4v) is 1.68. The normalized spacial score (nSPS) is 16.4. The van der Waals surface area contributed by atoms with Crippen molar-refractivity contribution in [2.45, 2.75) is 30.7 Å². The monoisotopic (exact) mass is 382 g/mol. The number of esters is 2. The van der Waals surface area contributed by atoms with E-state index in [0.717, 1.165) is 0 Å². The molecule has 14 heteroatoms. The number of aliphatic hydroxyl groups excluding tert-OH is 2. The first-order valence-electron chi connectivity index (χ1n) is 6.47. The van der Waals surface area contributed by atoms with Gasteiger partial charge in [-0.15, -0.1) is 0 Å². The van der Waals surface area contributed by atoms with Gasteiger partial charge in [0.25, 0.3) is 0 Å². The van der Waals surface area contributed by atoms with Crippen LogP contribution in [0.15, 0.2) is 0 Å². The molecule has 4 atom stereocenters. The maximum Gasteiger partial charge on any atom is 0.346 e. The number of aliphatic carboxylic acids is 4. The molecular formula is C12H14O14. The maximum absolute atomic E-state index is 11.5. The molecule has 146 valence electrons. The van der Waals surface area contributed by atoms with Gasteiger partial charge >= 0.3 is 35.8 Å². The number of carboxylic acid groups (broad SMARTS) is 4. The van der Waals surface area contributed by atoms with E-state index in [-0.39, 0.29) is 0 Å². The first-order chi connectivity index (χ1) is 11.7. The summed E-state index contributed by atoms with van der Waals surface area (Å²) in [6.45, 7) is 0. The van der Waals surface area contributed by atoms with Crippen molar-refractivity contribution < 1.29 is 69.2 Å². The molecule has 0 aromatic rings. The van der Waals surface area contributed by atoms with Crippen LogP contribution in [0.2, 0.25) is 0 Å². The quantitative estimate of drug-likeness (QED) is 0.141. The van der Waals surface area contributed by atoms with Crippen molar-refractivity contribution in [1.29, 1.82) is 0 Å². The highest BCUT2D eigenvalue weighted by Crippen LogP contribution is 2.26. The molecule has 14 nitrogen and oxygen atoms in total. The van der Waals surface area contributed by atoms with Crippen LogP contribution in [-0.4, -0.2) is 89.4 Å². The molecule has 26 heavy (non-hydrogen) atoms. The molecule has 0 amide bonds. The van der Waals surface area contributed by atoms with E-state index < -0.39 is 72.4 Å². The van der Waals surface area contributed by atoms with Gasteiger partial charge in [0.1, 0.15) is 5.92 Å². The number of hydrogen-bond donors (Lipinski definition) is 7. The predicted octanol–water partition coefficient (Wildman–Crippen LogP) is -3.76. The SMILES string of the molecule is O=C(O)CC(O)(C(=O)O)C(CC(=O)OC(=O)C(O)C(O)C(=O)O)C(=O)O. The summed E-state index contributed by atoms with van der Waals surface area (Å²) in [6, 6.07) is 0. The van der Waals surface area contributed by atoms with E-state index in [4.69, 9.17) is 30.6 Å². The molecule has 0 aliphatic rings. The molecular weight excluding hydrogens is 368 g/mol. The van der Waals surface area contributed by atoms with Gasteiger partial charge in [-0.05, 0) is 0 Å². The number of carbonyl (C=O) groups is 6. The van der Waals surface area contributed by atoms with Gasteiger partial charge in [0.2, 0.25) is 0 Å². The van der Waals surface area contributed by atoms with Crippen molar-refractivity contribution in [3.63, 3.8) is 0 Å². The topological polar surface area (TPSA) is 253 Å². The maximum atomic E-state index is 11.5. The molecule has 7 N–H and O–H groups in total. The van der Waals surface area contributed by atoms with Gasteiger partial charge in [-0.3, -0.25) is 14.4 Å². The van der Waals surface area contributed by atoms with E-state index in [9.17, 15) is 33.9 Å². The largest absolute Gasteiger partial charge is 0.481 e. The number of hydrogen-bond acceptors (Lipinski definition) is 10. The van der Waals surface area contributed by atoms with Gasteiger partial charge in [0, 0.05) is 0 Å². The van der Waals surface area contributed by atoms with Crippen molar-refractivity contribution >= 4 is 35.8 Å². The summed E-state index contributed by atoms with van der Waals surface area (Å²) in [6.07, 6.45) is -8.53. The van der Waals surface area contributed by atoms with Gasteiger partial charge in [-0.1, -0.05) is 0 Å². The lowest BCUT2D eigenvalue weighted by atomic mass is 9.82. The molecule has 0 aromatic carbocycles. The summed E-state index contributed by atoms with van der Waals surface area (Å²) in [5.74, 6) is -14.8. The number of aliphatic hydroxyl groups is 3. The molecule has 0 aliphatic carbocycles. The Morgan fingerprint density at radius 2 is 1.35 bits per heavy atom. The van der Waals surface area contributed by atoms with E-state index in [0.29, 0.717) is 0 Å². The fraction of sp³-hybridized carbons (Fsp3) is 0.500. The van der Waals surface area contributed by atoms with E-state index in [1.807, 2.05) is 0 Å². The van der Waals surface area contributed by atoms with Gasteiger partial charge in [0.05, 0.1) is 12.8 Å². The second kappa shape index (κ2) is 8.84. The van der Waals surface area contributed by atoms with Crippen molar-refractivity contribution in [3.05, 3.63) is 0 Å². The smallest absolute Gasteiger partial charge is 0.346 e. The van der Waals surface area contributed by atoms with Gasteiger partial charge < -0.3 is 40.5 Å². The van der Waals surface area contributed by atoms with E-state index in [1.165, 1.54) is 0 Å². The van der Waals surface area contributed by atoms with Crippen LogP contribution in [0.5, 0.6) is 0 Å². The third-order valence-electron chi connectivity index (χ3n) is 3.04. The molecule has 0 aromatic heterocycles. The first-order valence-corrected chi connectivity index (χ1v) is 6.47. The van der Waals surface area contributed by atoms with Crippen LogP contribution in [0.1, 0.15) is 12.8 Å². The summed E-state index contributed by atoms with van der Waals surface area (Å²) in [4.78, 5) is 66.0. The number of carbonyl (C=O) groups excluding carboxylic acids is 2. The summed E-state index contributed by atoms with van der Waals surface area (Å²) >= 11 is 0. The predicted molar refractivity (Wildman–Crippen MR) is 71.3 cm³/mol. The molecule has 0 heterocycles. The Balaban J connectivity index is 5.34. The third-order valence-corrected chi connectivity index (χ3v) is 3.04. The highest BCUT2D eigenvalue weighted by molar-refractivity contribution is 5.95. The van der Waals surface area contributed by atoms with Gasteiger partial charge in [-0.25, -0.2) is 14.4 Å². The lowest BCUT2D eigenvalue weighted by molar-refractivity contribution is -0.185. The second-order valence-corrected chi connectivity index (χ2v) is 4.92. The Morgan fingerprint density at radius 1 is 0.846 bits per heavy atom. The average molecular weight is 382 g/mol. The average Bonchev–Trinajstić information content (AvgIpc) is 2.49. The molecule has 4 unspecified atom stereocenters. The molecule has 0 bridgehead atoms. The molecule has 0 spiro atoms. The molecule has 0 saturated carbocycles. The second-order valence-electron chi connectivity index (χ2n) is 4.92. The number of rotatable bonds is 10.